The van der Waals surface area contributed by atoms with Gasteiger partial charge in [-0.05, 0) is 24.9 Å². The molecule has 0 spiro atoms. The molecule has 0 bridgehead atoms. The number of carbonyl (C=O) groups excluding carboxylic acids is 1. The molecule has 3 heteroatoms. The van der Waals surface area contributed by atoms with Crippen LogP contribution in [0.15, 0.2) is 30.3 Å². The molecule has 1 aromatic rings. The van der Waals surface area contributed by atoms with E-state index in [1.54, 1.807) is 0 Å². The minimum Gasteiger partial charge on any atom is -0.338 e. The van der Waals surface area contributed by atoms with E-state index in [-0.39, 0.29) is 5.91 Å². The standard InChI is InChI=1S/C14H22N2O/c1-2-11-16(14(17)9-6-10-15)12-13-7-4-3-5-8-13/h3-5,7-8H,2,6,9-12,15H2,1H3. The molecule has 1 amide bonds. The summed E-state index contributed by atoms with van der Waals surface area (Å²) in [4.78, 5) is 13.9. The SMILES string of the molecule is CCCN(Cc1ccccc1)C(=O)CCCN. The molecule has 17 heavy (non-hydrogen) atoms. The molecule has 1 rings (SSSR count). The van der Waals surface area contributed by atoms with Gasteiger partial charge in [-0.25, -0.2) is 0 Å². The molecule has 0 fully saturated rings. The van der Waals surface area contributed by atoms with Crippen molar-refractivity contribution in [1.82, 2.24) is 4.90 Å². The van der Waals surface area contributed by atoms with Gasteiger partial charge in [0.05, 0.1) is 0 Å². The number of amides is 1. The first-order chi connectivity index (χ1) is 8.27. The van der Waals surface area contributed by atoms with Crippen molar-refractivity contribution < 1.29 is 4.79 Å². The smallest absolute Gasteiger partial charge is 0.222 e. The van der Waals surface area contributed by atoms with Crippen LogP contribution in [0, 0.1) is 0 Å². The van der Waals surface area contributed by atoms with E-state index in [0.29, 0.717) is 19.5 Å². The second-order valence-corrected chi connectivity index (χ2v) is 4.19. The quantitative estimate of drug-likeness (QED) is 0.786. The van der Waals surface area contributed by atoms with Crippen LogP contribution in [0.3, 0.4) is 0 Å². The van der Waals surface area contributed by atoms with E-state index in [2.05, 4.69) is 19.1 Å². The van der Waals surface area contributed by atoms with Gasteiger partial charge < -0.3 is 10.6 Å². The second-order valence-electron chi connectivity index (χ2n) is 4.19. The summed E-state index contributed by atoms with van der Waals surface area (Å²) in [5, 5.41) is 0. The van der Waals surface area contributed by atoms with Gasteiger partial charge in [0.25, 0.3) is 0 Å². The molecule has 0 aliphatic heterocycles. The molecular weight excluding hydrogens is 212 g/mol. The lowest BCUT2D eigenvalue weighted by Gasteiger charge is -2.22. The Bertz CT molecular complexity index is 324. The predicted molar refractivity (Wildman–Crippen MR) is 70.4 cm³/mol. The lowest BCUT2D eigenvalue weighted by molar-refractivity contribution is -0.131. The van der Waals surface area contributed by atoms with Gasteiger partial charge in [-0.3, -0.25) is 4.79 Å². The van der Waals surface area contributed by atoms with Crippen LogP contribution >= 0.6 is 0 Å². The molecule has 94 valence electrons. The van der Waals surface area contributed by atoms with Crippen molar-refractivity contribution in [1.29, 1.82) is 0 Å². The third-order valence-corrected chi connectivity index (χ3v) is 2.66. The maximum Gasteiger partial charge on any atom is 0.222 e. The highest BCUT2D eigenvalue weighted by Crippen LogP contribution is 2.07. The number of nitrogens with zero attached hydrogens (tertiary/aromatic N) is 1. The summed E-state index contributed by atoms with van der Waals surface area (Å²) in [5.74, 6) is 0.209. The van der Waals surface area contributed by atoms with Crippen LogP contribution in [0.25, 0.3) is 0 Å². The van der Waals surface area contributed by atoms with Crippen molar-refractivity contribution in [3.63, 3.8) is 0 Å². The Hall–Kier alpha value is -1.35. The number of hydrogen-bond donors (Lipinski definition) is 1. The van der Waals surface area contributed by atoms with Gasteiger partial charge in [0.15, 0.2) is 0 Å². The second kappa shape index (κ2) is 7.85. The Kier molecular flexibility index (Phi) is 6.33. The molecule has 0 saturated heterocycles. The van der Waals surface area contributed by atoms with Gasteiger partial charge in [-0.1, -0.05) is 37.3 Å². The molecule has 0 unspecified atom stereocenters. The van der Waals surface area contributed by atoms with Crippen LogP contribution in [0.1, 0.15) is 31.7 Å². The number of nitrogens with two attached hydrogens (primary N) is 1. The Morgan fingerprint density at radius 3 is 2.59 bits per heavy atom. The molecule has 0 saturated carbocycles. The van der Waals surface area contributed by atoms with E-state index >= 15 is 0 Å². The van der Waals surface area contributed by atoms with Crippen LogP contribution in [0.2, 0.25) is 0 Å². The third-order valence-electron chi connectivity index (χ3n) is 2.66. The first kappa shape index (κ1) is 13.7. The first-order valence-corrected chi connectivity index (χ1v) is 6.29. The summed E-state index contributed by atoms with van der Waals surface area (Å²) in [5.41, 5.74) is 6.62. The topological polar surface area (TPSA) is 46.3 Å². The summed E-state index contributed by atoms with van der Waals surface area (Å²) in [6.45, 7) is 4.20. The van der Waals surface area contributed by atoms with Crippen molar-refractivity contribution in [3.05, 3.63) is 35.9 Å². The lowest BCUT2D eigenvalue weighted by Crippen LogP contribution is -2.31. The zero-order valence-electron chi connectivity index (χ0n) is 10.6. The number of carbonyl (C=O) groups is 1. The lowest BCUT2D eigenvalue weighted by atomic mass is 10.2. The molecule has 0 radical (unpaired) electrons. The van der Waals surface area contributed by atoms with E-state index < -0.39 is 0 Å². The number of benzene rings is 1. The molecule has 0 aliphatic carbocycles. The monoisotopic (exact) mass is 234 g/mol. The molecule has 1 aromatic carbocycles. The Morgan fingerprint density at radius 1 is 1.29 bits per heavy atom. The zero-order chi connectivity index (χ0) is 12.5. The van der Waals surface area contributed by atoms with E-state index in [0.717, 1.165) is 19.4 Å². The number of rotatable bonds is 7. The predicted octanol–water partition coefficient (Wildman–Crippen LogP) is 2.16. The average molecular weight is 234 g/mol. The Morgan fingerprint density at radius 2 is 2.00 bits per heavy atom. The van der Waals surface area contributed by atoms with Gasteiger partial charge in [0, 0.05) is 19.5 Å². The van der Waals surface area contributed by atoms with Crippen molar-refractivity contribution in [2.24, 2.45) is 5.73 Å². The summed E-state index contributed by atoms with van der Waals surface area (Å²) < 4.78 is 0. The highest BCUT2D eigenvalue weighted by atomic mass is 16.2. The number of hydrogen-bond acceptors (Lipinski definition) is 2. The Balaban J connectivity index is 2.56. The van der Waals surface area contributed by atoms with Crippen LogP contribution in [0.5, 0.6) is 0 Å². The fourth-order valence-corrected chi connectivity index (χ4v) is 1.78. The molecule has 3 nitrogen and oxygen atoms in total. The average Bonchev–Trinajstić information content (AvgIpc) is 2.36. The van der Waals surface area contributed by atoms with E-state index in [4.69, 9.17) is 5.73 Å². The highest BCUT2D eigenvalue weighted by Gasteiger charge is 2.12. The van der Waals surface area contributed by atoms with E-state index in [1.807, 2.05) is 23.1 Å². The van der Waals surface area contributed by atoms with E-state index in [9.17, 15) is 4.79 Å². The van der Waals surface area contributed by atoms with Crippen molar-refractivity contribution in [2.45, 2.75) is 32.7 Å². The fraction of sp³-hybridized carbons (Fsp3) is 0.500. The first-order valence-electron chi connectivity index (χ1n) is 6.29. The normalized spacial score (nSPS) is 10.2. The molecule has 2 N–H and O–H groups in total. The van der Waals surface area contributed by atoms with Gasteiger partial charge in [-0.15, -0.1) is 0 Å². The Labute approximate surface area is 104 Å². The van der Waals surface area contributed by atoms with Gasteiger partial charge in [-0.2, -0.15) is 0 Å². The fourth-order valence-electron chi connectivity index (χ4n) is 1.78. The van der Waals surface area contributed by atoms with Gasteiger partial charge >= 0.3 is 0 Å². The molecular formula is C14H22N2O. The summed E-state index contributed by atoms with van der Waals surface area (Å²) >= 11 is 0. The molecule has 0 heterocycles. The highest BCUT2D eigenvalue weighted by molar-refractivity contribution is 5.76. The largest absolute Gasteiger partial charge is 0.338 e. The maximum absolute atomic E-state index is 12.0. The van der Waals surface area contributed by atoms with Crippen molar-refractivity contribution >= 4 is 5.91 Å². The van der Waals surface area contributed by atoms with Gasteiger partial charge in [0.2, 0.25) is 5.91 Å². The van der Waals surface area contributed by atoms with Crippen LogP contribution < -0.4 is 5.73 Å². The molecule has 0 aromatic heterocycles. The zero-order valence-corrected chi connectivity index (χ0v) is 10.6. The van der Waals surface area contributed by atoms with Crippen LogP contribution in [-0.2, 0) is 11.3 Å². The molecule has 0 aliphatic rings. The maximum atomic E-state index is 12.0. The summed E-state index contributed by atoms with van der Waals surface area (Å²) in [7, 11) is 0. The van der Waals surface area contributed by atoms with Crippen molar-refractivity contribution in [3.8, 4) is 0 Å². The minimum absolute atomic E-state index is 0.209. The van der Waals surface area contributed by atoms with Gasteiger partial charge in [0.1, 0.15) is 0 Å². The minimum atomic E-state index is 0.209. The van der Waals surface area contributed by atoms with Crippen molar-refractivity contribution in [2.75, 3.05) is 13.1 Å². The van der Waals surface area contributed by atoms with Crippen LogP contribution in [-0.4, -0.2) is 23.9 Å². The molecule has 0 atom stereocenters. The third kappa shape index (κ3) is 5.00. The van der Waals surface area contributed by atoms with Crippen LogP contribution in [0.4, 0.5) is 0 Å². The van der Waals surface area contributed by atoms with E-state index in [1.165, 1.54) is 5.56 Å². The summed E-state index contributed by atoms with van der Waals surface area (Å²) in [6.07, 6.45) is 2.32. The summed E-state index contributed by atoms with van der Waals surface area (Å²) in [6, 6.07) is 10.1.